The monoisotopic (exact) mass is 369 g/mol. The van der Waals surface area contributed by atoms with Gasteiger partial charge < -0.3 is 19.1 Å². The van der Waals surface area contributed by atoms with E-state index in [0.717, 1.165) is 38.8 Å². The number of likely N-dealkylation sites (N-methyl/N-ethyl adjacent to an activating group) is 1. The molecule has 1 aliphatic heterocycles. The number of rotatable bonds is 14. The van der Waals surface area contributed by atoms with Gasteiger partial charge >= 0.3 is 5.97 Å². The number of likely N-dealkylation sites (tertiary alicyclic amines) is 1. The number of carboxylic acid groups (broad SMARTS) is 1. The summed E-state index contributed by atoms with van der Waals surface area (Å²) in [5.41, 5.74) is 0. The number of esters is 1. The average Bonchev–Trinajstić information content (AvgIpc) is 2.57. The lowest BCUT2D eigenvalue weighted by molar-refractivity contribution is -0.912. The van der Waals surface area contributed by atoms with Crippen LogP contribution in [0.4, 0.5) is 0 Å². The molecular weight excluding hydrogens is 330 g/mol. The molecule has 0 aromatic carbocycles. The number of carbonyl (C=O) groups is 2. The maximum atomic E-state index is 11.9. The summed E-state index contributed by atoms with van der Waals surface area (Å²) in [5, 5.41) is 10.9. The quantitative estimate of drug-likeness (QED) is 0.268. The summed E-state index contributed by atoms with van der Waals surface area (Å²) in [6.45, 7) is 4.31. The molecule has 1 aliphatic rings. The van der Waals surface area contributed by atoms with Gasteiger partial charge in [0.2, 0.25) is 0 Å². The maximum Gasteiger partial charge on any atom is 0.305 e. The second-order valence-corrected chi connectivity index (χ2v) is 8.33. The van der Waals surface area contributed by atoms with Gasteiger partial charge in [-0.1, -0.05) is 58.3 Å². The van der Waals surface area contributed by atoms with Crippen molar-refractivity contribution in [3.05, 3.63) is 0 Å². The summed E-state index contributed by atoms with van der Waals surface area (Å²) >= 11 is 0. The SMILES string of the molecule is CCCCCCCCCCCC(=O)OCC1CCC[N+](C)(CC(=O)[O-])C1. The molecule has 0 spiro atoms. The van der Waals surface area contributed by atoms with Gasteiger partial charge in [-0.2, -0.15) is 0 Å². The molecule has 0 amide bonds. The van der Waals surface area contributed by atoms with Crippen LogP contribution in [0.5, 0.6) is 0 Å². The molecule has 0 aromatic rings. The van der Waals surface area contributed by atoms with Gasteiger partial charge in [-0.05, 0) is 19.3 Å². The largest absolute Gasteiger partial charge is 0.544 e. The predicted molar refractivity (Wildman–Crippen MR) is 101 cm³/mol. The Morgan fingerprint density at radius 1 is 1.04 bits per heavy atom. The van der Waals surface area contributed by atoms with Crippen LogP contribution >= 0.6 is 0 Å². The third-order valence-corrected chi connectivity index (χ3v) is 5.48. The van der Waals surface area contributed by atoms with E-state index in [4.69, 9.17) is 4.74 Å². The van der Waals surface area contributed by atoms with E-state index in [0.29, 0.717) is 17.5 Å². The fraction of sp³-hybridized carbons (Fsp3) is 0.905. The number of unbranched alkanes of at least 4 members (excludes halogenated alkanes) is 8. The fourth-order valence-corrected chi connectivity index (χ4v) is 4.02. The Balaban J connectivity index is 2.05. The Labute approximate surface area is 159 Å². The molecule has 0 bridgehead atoms. The highest BCUT2D eigenvalue weighted by Crippen LogP contribution is 2.22. The number of carbonyl (C=O) groups excluding carboxylic acids is 2. The Hall–Kier alpha value is -1.10. The van der Waals surface area contributed by atoms with Crippen LogP contribution in [-0.2, 0) is 14.3 Å². The van der Waals surface area contributed by atoms with Gasteiger partial charge in [0.1, 0.15) is 6.54 Å². The Kier molecular flexibility index (Phi) is 11.6. The van der Waals surface area contributed by atoms with Crippen LogP contribution < -0.4 is 5.11 Å². The van der Waals surface area contributed by atoms with Crippen LogP contribution in [0.2, 0.25) is 0 Å². The molecule has 5 nitrogen and oxygen atoms in total. The van der Waals surface area contributed by atoms with E-state index in [1.54, 1.807) is 0 Å². The molecule has 0 aromatic heterocycles. The molecule has 0 N–H and O–H groups in total. The molecule has 152 valence electrons. The van der Waals surface area contributed by atoms with Gasteiger partial charge in [-0.15, -0.1) is 0 Å². The van der Waals surface area contributed by atoms with Crippen LogP contribution in [0.3, 0.4) is 0 Å². The number of aliphatic carboxylic acids is 1. The number of ether oxygens (including phenoxy) is 1. The highest BCUT2D eigenvalue weighted by Gasteiger charge is 2.31. The van der Waals surface area contributed by atoms with Crippen molar-refractivity contribution in [2.45, 2.75) is 84.0 Å². The summed E-state index contributed by atoms with van der Waals surface area (Å²) in [4.78, 5) is 22.8. The Morgan fingerprint density at radius 3 is 2.27 bits per heavy atom. The van der Waals surface area contributed by atoms with Gasteiger partial charge in [0.25, 0.3) is 0 Å². The highest BCUT2D eigenvalue weighted by atomic mass is 16.5. The summed E-state index contributed by atoms with van der Waals surface area (Å²) in [5.74, 6) is -0.844. The number of piperidine rings is 1. The van der Waals surface area contributed by atoms with E-state index in [2.05, 4.69) is 6.92 Å². The molecule has 0 aliphatic carbocycles. The highest BCUT2D eigenvalue weighted by molar-refractivity contribution is 5.69. The van der Waals surface area contributed by atoms with E-state index < -0.39 is 5.97 Å². The van der Waals surface area contributed by atoms with E-state index in [1.807, 2.05) is 7.05 Å². The van der Waals surface area contributed by atoms with Crippen LogP contribution in [0.1, 0.15) is 84.0 Å². The molecule has 1 fully saturated rings. The topological polar surface area (TPSA) is 66.4 Å². The lowest BCUT2D eigenvalue weighted by Gasteiger charge is -2.41. The zero-order valence-corrected chi connectivity index (χ0v) is 17.0. The van der Waals surface area contributed by atoms with Gasteiger partial charge in [-0.25, -0.2) is 0 Å². The minimum atomic E-state index is -1.00. The Bertz CT molecular complexity index is 413. The van der Waals surface area contributed by atoms with Crippen molar-refractivity contribution in [1.82, 2.24) is 0 Å². The summed E-state index contributed by atoms with van der Waals surface area (Å²) in [7, 11) is 1.95. The third kappa shape index (κ3) is 10.8. The van der Waals surface area contributed by atoms with Crippen LogP contribution in [0.25, 0.3) is 0 Å². The minimum absolute atomic E-state index is 0.0445. The summed E-state index contributed by atoms with van der Waals surface area (Å²) < 4.78 is 5.93. The number of nitrogens with zero attached hydrogens (tertiary/aromatic N) is 1. The summed E-state index contributed by atoms with van der Waals surface area (Å²) in [6.07, 6.45) is 13.6. The van der Waals surface area contributed by atoms with E-state index in [-0.39, 0.29) is 18.4 Å². The third-order valence-electron chi connectivity index (χ3n) is 5.48. The molecule has 5 heteroatoms. The van der Waals surface area contributed by atoms with Crippen molar-refractivity contribution in [1.29, 1.82) is 0 Å². The molecule has 1 rings (SSSR count). The molecule has 2 unspecified atom stereocenters. The van der Waals surface area contributed by atoms with Crippen molar-refractivity contribution in [2.75, 3.05) is 33.3 Å². The number of carboxylic acids is 1. The first-order valence-corrected chi connectivity index (χ1v) is 10.6. The summed E-state index contributed by atoms with van der Waals surface area (Å²) in [6, 6.07) is 0. The van der Waals surface area contributed by atoms with Gasteiger partial charge in [0.05, 0.1) is 32.7 Å². The number of quaternary nitrogens is 1. The van der Waals surface area contributed by atoms with Crippen LogP contribution in [0.15, 0.2) is 0 Å². The zero-order chi connectivity index (χ0) is 19.3. The number of hydrogen-bond acceptors (Lipinski definition) is 4. The molecule has 1 heterocycles. The molecule has 2 atom stereocenters. The molecule has 0 saturated carbocycles. The molecule has 0 radical (unpaired) electrons. The normalized spacial score (nSPS) is 22.9. The molecule has 1 saturated heterocycles. The zero-order valence-electron chi connectivity index (χ0n) is 17.0. The smallest absolute Gasteiger partial charge is 0.305 e. The Morgan fingerprint density at radius 2 is 1.65 bits per heavy atom. The van der Waals surface area contributed by atoms with Crippen molar-refractivity contribution in [3.8, 4) is 0 Å². The first-order valence-electron chi connectivity index (χ1n) is 10.6. The van der Waals surface area contributed by atoms with E-state index in [1.165, 1.54) is 44.9 Å². The predicted octanol–water partition coefficient (Wildman–Crippen LogP) is 3.06. The average molecular weight is 370 g/mol. The first kappa shape index (κ1) is 22.9. The fourth-order valence-electron chi connectivity index (χ4n) is 4.02. The van der Waals surface area contributed by atoms with Crippen molar-refractivity contribution >= 4 is 11.9 Å². The molecular formula is C21H39NO4. The van der Waals surface area contributed by atoms with Gasteiger partial charge in [-0.3, -0.25) is 4.79 Å². The van der Waals surface area contributed by atoms with Crippen LogP contribution in [0, 0.1) is 5.92 Å². The van der Waals surface area contributed by atoms with Crippen molar-refractivity contribution in [2.24, 2.45) is 5.92 Å². The minimum Gasteiger partial charge on any atom is -0.544 e. The van der Waals surface area contributed by atoms with Gasteiger partial charge in [0, 0.05) is 12.3 Å². The molecule has 26 heavy (non-hydrogen) atoms. The lowest BCUT2D eigenvalue weighted by Crippen LogP contribution is -2.56. The van der Waals surface area contributed by atoms with Crippen molar-refractivity contribution < 1.29 is 23.9 Å². The first-order chi connectivity index (χ1) is 12.4. The van der Waals surface area contributed by atoms with Crippen molar-refractivity contribution in [3.63, 3.8) is 0 Å². The lowest BCUT2D eigenvalue weighted by atomic mass is 9.97. The number of hydrogen-bond donors (Lipinski definition) is 0. The van der Waals surface area contributed by atoms with Crippen LogP contribution in [-0.4, -0.2) is 49.7 Å². The second-order valence-electron chi connectivity index (χ2n) is 8.33. The maximum absolute atomic E-state index is 11.9. The standard InChI is InChI=1S/C21H39NO4/c1-3-4-5-6-7-8-9-10-11-14-21(25)26-18-19-13-12-15-22(2,16-19)17-20(23)24/h19H,3-18H2,1-2H3. The van der Waals surface area contributed by atoms with Gasteiger partial charge in [0.15, 0.2) is 0 Å². The van der Waals surface area contributed by atoms with E-state index in [9.17, 15) is 14.7 Å². The van der Waals surface area contributed by atoms with E-state index >= 15 is 0 Å². The second kappa shape index (κ2) is 13.1.